The molecule has 0 aliphatic rings. The number of hydrogen-bond donors (Lipinski definition) is 1. The van der Waals surface area contributed by atoms with E-state index in [0.717, 1.165) is 5.56 Å². The normalized spacial score (nSPS) is 12.0. The van der Waals surface area contributed by atoms with Gasteiger partial charge >= 0.3 is 6.03 Å². The van der Waals surface area contributed by atoms with Gasteiger partial charge in [-0.05, 0) is 29.8 Å². The summed E-state index contributed by atoms with van der Waals surface area (Å²) < 4.78 is 13.9. The predicted octanol–water partition coefficient (Wildman–Crippen LogP) is 4.93. The van der Waals surface area contributed by atoms with E-state index in [4.69, 9.17) is 6.11 Å². The summed E-state index contributed by atoms with van der Waals surface area (Å²) >= 11 is 0. The van der Waals surface area contributed by atoms with Gasteiger partial charge in [0.2, 0.25) is 0 Å². The number of hydrogen-bond acceptors (Lipinski definition) is 2. The zero-order valence-electron chi connectivity index (χ0n) is 14.9. The first-order valence-electron chi connectivity index (χ1n) is 8.54. The molecular weight excluding hydrogens is 312 g/mol. The molecule has 3 rings (SSSR count). The highest BCUT2D eigenvalue weighted by molar-refractivity contribution is 6.02. The standard InChI is InChI=1S/C21H20N2O2/c1-25-20-15-9-8-14-19(20)22-21(24)23(18-12-6-3-7-13-18)16-17-10-4-2-5-11-17/h2-15H,16H2,1H3,(H,22,24)/i16D. The van der Waals surface area contributed by atoms with Gasteiger partial charge in [0.25, 0.3) is 0 Å². The number of carbonyl (C=O) groups excluding carboxylic acids is 1. The Labute approximate surface area is 149 Å². The fourth-order valence-electron chi connectivity index (χ4n) is 2.45. The van der Waals surface area contributed by atoms with Crippen LogP contribution in [0, 0.1) is 0 Å². The maximum absolute atomic E-state index is 13.0. The van der Waals surface area contributed by atoms with Crippen LogP contribution in [0.5, 0.6) is 5.75 Å². The Bertz CT molecular complexity index is 856. The summed E-state index contributed by atoms with van der Waals surface area (Å²) in [5.74, 6) is 0.565. The Morgan fingerprint density at radius 3 is 2.24 bits per heavy atom. The van der Waals surface area contributed by atoms with Crippen LogP contribution in [0.15, 0.2) is 84.9 Å². The molecule has 2 amide bonds. The summed E-state index contributed by atoms with van der Waals surface area (Å²) in [6.45, 7) is -0.881. The van der Waals surface area contributed by atoms with Crippen molar-refractivity contribution in [3.63, 3.8) is 0 Å². The predicted molar refractivity (Wildman–Crippen MR) is 101 cm³/mol. The van der Waals surface area contributed by atoms with E-state index < -0.39 is 12.6 Å². The van der Waals surface area contributed by atoms with E-state index in [0.29, 0.717) is 17.1 Å². The monoisotopic (exact) mass is 333 g/mol. The molecule has 4 nitrogen and oxygen atoms in total. The number of ether oxygens (including phenoxy) is 1. The number of carbonyl (C=O) groups is 1. The van der Waals surface area contributed by atoms with Gasteiger partial charge in [0.1, 0.15) is 5.75 Å². The number of rotatable bonds is 5. The van der Waals surface area contributed by atoms with Crippen LogP contribution in [0.4, 0.5) is 16.2 Å². The van der Waals surface area contributed by atoms with Crippen LogP contribution < -0.4 is 15.0 Å². The van der Waals surface area contributed by atoms with Gasteiger partial charge in [-0.25, -0.2) is 4.79 Å². The highest BCUT2D eigenvalue weighted by Gasteiger charge is 2.17. The molecule has 0 aliphatic heterocycles. The second-order valence-electron chi connectivity index (χ2n) is 5.38. The molecule has 4 heteroatoms. The molecule has 0 saturated carbocycles. The summed E-state index contributed by atoms with van der Waals surface area (Å²) in [6.07, 6.45) is 0. The molecule has 25 heavy (non-hydrogen) atoms. The number of urea groups is 1. The molecule has 1 unspecified atom stereocenters. The Morgan fingerprint density at radius 1 is 0.960 bits per heavy atom. The van der Waals surface area contributed by atoms with Crippen molar-refractivity contribution in [2.45, 2.75) is 6.52 Å². The van der Waals surface area contributed by atoms with E-state index in [1.807, 2.05) is 72.8 Å². The lowest BCUT2D eigenvalue weighted by molar-refractivity contribution is 0.256. The minimum absolute atomic E-state index is 0.399. The number of nitrogens with zero attached hydrogens (tertiary/aromatic N) is 1. The SMILES string of the molecule is [2H]C(c1ccccc1)N(C(=O)Nc1ccccc1OC)c1ccccc1. The zero-order chi connectivity index (χ0) is 18.4. The number of amides is 2. The average molecular weight is 333 g/mol. The maximum atomic E-state index is 13.0. The summed E-state index contributed by atoms with van der Waals surface area (Å²) in [5, 5.41) is 2.85. The van der Waals surface area contributed by atoms with Crippen molar-refractivity contribution < 1.29 is 10.9 Å². The van der Waals surface area contributed by atoms with Crippen LogP contribution >= 0.6 is 0 Å². The van der Waals surface area contributed by atoms with Gasteiger partial charge in [-0.15, -0.1) is 0 Å². The first-order valence-corrected chi connectivity index (χ1v) is 7.96. The molecule has 0 bridgehead atoms. The summed E-state index contributed by atoms with van der Waals surface area (Å²) in [4.78, 5) is 14.5. The molecule has 0 radical (unpaired) electrons. The lowest BCUT2D eigenvalue weighted by Crippen LogP contribution is -2.34. The molecule has 0 aliphatic carbocycles. The first-order chi connectivity index (χ1) is 12.7. The minimum Gasteiger partial charge on any atom is -0.495 e. The fraction of sp³-hybridized carbons (Fsp3) is 0.0952. The van der Waals surface area contributed by atoms with E-state index in [-0.39, 0.29) is 0 Å². The topological polar surface area (TPSA) is 41.6 Å². The fourth-order valence-corrected chi connectivity index (χ4v) is 2.45. The molecule has 0 saturated heterocycles. The largest absolute Gasteiger partial charge is 0.495 e. The average Bonchev–Trinajstić information content (AvgIpc) is 2.70. The molecule has 3 aromatic rings. The van der Waals surface area contributed by atoms with Gasteiger partial charge in [0.05, 0.1) is 20.7 Å². The lowest BCUT2D eigenvalue weighted by atomic mass is 10.2. The molecule has 0 spiro atoms. The van der Waals surface area contributed by atoms with E-state index in [1.54, 1.807) is 19.2 Å². The van der Waals surface area contributed by atoms with E-state index >= 15 is 0 Å². The van der Waals surface area contributed by atoms with Crippen molar-refractivity contribution in [3.05, 3.63) is 90.5 Å². The van der Waals surface area contributed by atoms with Crippen molar-refractivity contribution in [2.75, 3.05) is 17.3 Å². The van der Waals surface area contributed by atoms with Gasteiger partial charge in [-0.1, -0.05) is 60.7 Å². The van der Waals surface area contributed by atoms with Crippen molar-refractivity contribution in [2.24, 2.45) is 0 Å². The second-order valence-corrected chi connectivity index (χ2v) is 5.38. The van der Waals surface area contributed by atoms with Crippen LogP contribution in [0.2, 0.25) is 0 Å². The molecule has 0 fully saturated rings. The van der Waals surface area contributed by atoms with E-state index in [2.05, 4.69) is 5.32 Å². The van der Waals surface area contributed by atoms with Crippen LogP contribution in [-0.4, -0.2) is 13.1 Å². The smallest absolute Gasteiger partial charge is 0.326 e. The number of nitrogens with one attached hydrogen (secondary N) is 1. The third-order valence-electron chi connectivity index (χ3n) is 3.68. The van der Waals surface area contributed by atoms with Gasteiger partial charge < -0.3 is 10.1 Å². The number of para-hydroxylation sites is 3. The number of anilines is 2. The van der Waals surface area contributed by atoms with Crippen molar-refractivity contribution in [1.29, 1.82) is 0 Å². The van der Waals surface area contributed by atoms with Crippen LogP contribution in [0.3, 0.4) is 0 Å². The molecular formula is C21H20N2O2. The minimum atomic E-state index is -0.881. The Morgan fingerprint density at radius 2 is 1.56 bits per heavy atom. The Balaban J connectivity index is 1.94. The first kappa shape index (κ1) is 15.3. The Hall–Kier alpha value is -3.27. The highest BCUT2D eigenvalue weighted by Crippen LogP contribution is 2.25. The Kier molecular flexibility index (Phi) is 4.90. The molecule has 0 aromatic heterocycles. The molecule has 0 heterocycles. The van der Waals surface area contributed by atoms with Gasteiger partial charge in [0.15, 0.2) is 0 Å². The lowest BCUT2D eigenvalue weighted by Gasteiger charge is -2.24. The summed E-state index contributed by atoms with van der Waals surface area (Å²) in [7, 11) is 1.55. The molecule has 1 atom stereocenters. The second kappa shape index (κ2) is 8.02. The van der Waals surface area contributed by atoms with Crippen molar-refractivity contribution >= 4 is 17.4 Å². The summed E-state index contributed by atoms with van der Waals surface area (Å²) in [5.41, 5.74) is 1.93. The third kappa shape index (κ3) is 4.18. The van der Waals surface area contributed by atoms with Gasteiger partial charge in [-0.3, -0.25) is 4.90 Å². The zero-order valence-corrected chi connectivity index (χ0v) is 13.9. The van der Waals surface area contributed by atoms with E-state index in [9.17, 15) is 4.79 Å². The summed E-state index contributed by atoms with van der Waals surface area (Å²) in [6, 6.07) is 25.3. The number of methoxy groups -OCH3 is 1. The van der Waals surface area contributed by atoms with Gasteiger partial charge in [-0.2, -0.15) is 0 Å². The molecule has 1 N–H and O–H groups in total. The molecule has 126 valence electrons. The van der Waals surface area contributed by atoms with E-state index in [1.165, 1.54) is 4.90 Å². The van der Waals surface area contributed by atoms with Crippen molar-refractivity contribution in [1.82, 2.24) is 0 Å². The quantitative estimate of drug-likeness (QED) is 0.719. The number of benzene rings is 3. The van der Waals surface area contributed by atoms with Crippen LogP contribution in [0.25, 0.3) is 0 Å². The van der Waals surface area contributed by atoms with Gasteiger partial charge in [0, 0.05) is 5.69 Å². The maximum Gasteiger partial charge on any atom is 0.326 e. The van der Waals surface area contributed by atoms with Crippen LogP contribution in [0.1, 0.15) is 6.93 Å². The van der Waals surface area contributed by atoms with Crippen LogP contribution in [-0.2, 0) is 6.52 Å². The third-order valence-corrected chi connectivity index (χ3v) is 3.68. The molecule has 3 aromatic carbocycles. The highest BCUT2D eigenvalue weighted by atomic mass is 16.5. The van der Waals surface area contributed by atoms with Crippen molar-refractivity contribution in [3.8, 4) is 5.75 Å².